The molecule has 0 saturated heterocycles. The summed E-state index contributed by atoms with van der Waals surface area (Å²) in [6.45, 7) is 67.5. The number of rotatable bonds is 44. The lowest BCUT2D eigenvalue weighted by Crippen LogP contribution is -2.62. The molecule has 0 aromatic heterocycles. The standard InChI is InChI=1S/C16H30O5Si2.C15H36O5Si4.C15H26O3Si4.C10H18O4/c1-7-15(17)19-11-9-13-22(3,4)21-23(5,6)14-10-12-20-16(18)8-2;1-11-15(16)17-13-12-14-24(18-21(2,3)4,19-22(5,6)7)20-23(8,9)10;1-7-19(4)16-22(17-20(5)8-2,18-21(6)9-3)15-13-11-10-12-14-15;1-3-11-5-7-13-9-10-14-8-6-12-4-2/h7-8H,1-2,9-14H2,3-6H3;11H,1,12-14H2,2-10H3;7-14,19-21H,1-3H2,4-6H3;3-4H,1-2,5-10H2. The van der Waals surface area contributed by atoms with Gasteiger partial charge >= 0.3 is 35.5 Å². The SMILES string of the molecule is C=CC(=O)OCCC[Si](C)(C)O[Si](C)(C)CCCOC(=O)C=C.C=CC(=O)OCCC[Si](O[Si](C)(C)C)(O[Si](C)(C)C)O[Si](C)(C)C.C=COCCOCCOCCOC=C.C=C[SiH](C)O[Si](O[SiH](C)C=C)(O[SiH](C)C=C)c1ccccc1. The molecule has 0 bridgehead atoms. The van der Waals surface area contributed by atoms with Crippen molar-refractivity contribution in [2.75, 3.05) is 59.5 Å². The first kappa shape index (κ1) is 84.2. The van der Waals surface area contributed by atoms with Gasteiger partial charge in [0.15, 0.2) is 68.7 Å². The summed E-state index contributed by atoms with van der Waals surface area (Å²) in [7, 11) is -19.6. The Morgan fingerprint density at radius 2 is 0.723 bits per heavy atom. The van der Waals surface area contributed by atoms with Crippen LogP contribution in [-0.4, -0.2) is 164 Å². The summed E-state index contributed by atoms with van der Waals surface area (Å²) >= 11 is 0. The second kappa shape index (κ2) is 46.2. The Morgan fingerprint density at radius 3 is 1.00 bits per heavy atom. The van der Waals surface area contributed by atoms with E-state index in [1.165, 1.54) is 30.8 Å². The van der Waals surface area contributed by atoms with Crippen molar-refractivity contribution in [3.05, 3.63) is 131 Å². The van der Waals surface area contributed by atoms with Crippen LogP contribution in [0.25, 0.3) is 0 Å². The average molecular weight is 1340 g/mol. The van der Waals surface area contributed by atoms with Crippen molar-refractivity contribution >= 4 is 109 Å². The Morgan fingerprint density at radius 1 is 0.422 bits per heavy atom. The molecule has 0 spiro atoms. The molecule has 3 atom stereocenters. The second-order valence-electron chi connectivity index (χ2n) is 22.8. The Hall–Kier alpha value is -3.04. The van der Waals surface area contributed by atoms with Gasteiger partial charge < -0.3 is 62.0 Å². The van der Waals surface area contributed by atoms with Gasteiger partial charge in [-0.3, -0.25) is 0 Å². The highest BCUT2D eigenvalue weighted by Crippen LogP contribution is 2.30. The van der Waals surface area contributed by atoms with Crippen LogP contribution in [0.3, 0.4) is 0 Å². The number of hydrogen-bond acceptors (Lipinski definition) is 17. The Balaban J connectivity index is -0.00000104. The summed E-state index contributed by atoms with van der Waals surface area (Å²) in [6.07, 6.45) is 8.60. The molecule has 17 nitrogen and oxygen atoms in total. The minimum absolute atomic E-state index is 0.332. The van der Waals surface area contributed by atoms with E-state index in [4.69, 9.17) is 62.0 Å². The molecule has 0 aliphatic rings. The molecule has 1 aromatic rings. The predicted molar refractivity (Wildman–Crippen MR) is 365 cm³/mol. The number of esters is 3. The van der Waals surface area contributed by atoms with Crippen molar-refractivity contribution in [1.82, 2.24) is 0 Å². The molecule has 83 heavy (non-hydrogen) atoms. The topological polar surface area (TPSA) is 180 Å². The van der Waals surface area contributed by atoms with Crippen LogP contribution < -0.4 is 5.19 Å². The Labute approximate surface area is 515 Å². The molecule has 0 heterocycles. The highest BCUT2D eigenvalue weighted by Gasteiger charge is 2.50. The molecule has 1 rings (SSSR count). The Kier molecular flexibility index (Phi) is 46.8. The summed E-state index contributed by atoms with van der Waals surface area (Å²) in [4.78, 5) is 33.2. The van der Waals surface area contributed by atoms with E-state index < -0.39 is 92.3 Å². The van der Waals surface area contributed by atoms with Gasteiger partial charge in [0.25, 0.3) is 0 Å². The van der Waals surface area contributed by atoms with Crippen molar-refractivity contribution < 1.29 is 76.3 Å². The van der Waals surface area contributed by atoms with Crippen LogP contribution in [0.2, 0.25) is 123 Å². The first-order chi connectivity index (χ1) is 38.6. The van der Waals surface area contributed by atoms with Crippen LogP contribution in [0.15, 0.2) is 131 Å². The molecule has 0 aliphatic carbocycles. The van der Waals surface area contributed by atoms with Crippen LogP contribution in [0.5, 0.6) is 0 Å². The van der Waals surface area contributed by atoms with Gasteiger partial charge in [0, 0.05) is 29.5 Å². The maximum Gasteiger partial charge on any atom is 0.505 e. The number of benzene rings is 1. The molecular weight excluding hydrogens is 1230 g/mol. The molecule has 0 saturated carbocycles. The molecule has 0 fully saturated rings. The normalized spacial score (nSPS) is 13.5. The Bertz CT molecular complexity index is 1880. The van der Waals surface area contributed by atoms with Gasteiger partial charge in [-0.05, 0) is 136 Å². The third kappa shape index (κ3) is 49.7. The van der Waals surface area contributed by atoms with Gasteiger partial charge in [0.2, 0.25) is 0 Å². The lowest BCUT2D eigenvalue weighted by Gasteiger charge is -2.42. The average Bonchev–Trinajstić information content (AvgIpc) is 3.39. The first-order valence-corrected chi connectivity index (χ1v) is 55.3. The van der Waals surface area contributed by atoms with Gasteiger partial charge in [-0.2, -0.15) is 0 Å². The number of ether oxygens (including phenoxy) is 7. The van der Waals surface area contributed by atoms with Crippen LogP contribution >= 0.6 is 0 Å². The van der Waals surface area contributed by atoms with Gasteiger partial charge in [0.05, 0.1) is 58.8 Å². The molecule has 0 aliphatic heterocycles. The minimum Gasteiger partial charge on any atom is -0.499 e. The molecular formula is C56H110O17Si10. The minimum atomic E-state index is -2.95. The van der Waals surface area contributed by atoms with Gasteiger partial charge in [-0.15, -0.1) is 19.7 Å². The molecule has 27 heteroatoms. The molecule has 476 valence electrons. The highest BCUT2D eigenvalue weighted by molar-refractivity contribution is 6.91. The summed E-state index contributed by atoms with van der Waals surface area (Å²) in [5, 5.41) is 1.01. The number of hydrogen-bond donors (Lipinski definition) is 0. The molecule has 1 aromatic carbocycles. The van der Waals surface area contributed by atoms with E-state index in [1.54, 1.807) is 0 Å². The summed E-state index contributed by atoms with van der Waals surface area (Å²) in [5.74, 6) is -1.16. The summed E-state index contributed by atoms with van der Waals surface area (Å²) in [6, 6.07) is 12.6. The zero-order chi connectivity index (χ0) is 64.2. The predicted octanol–water partition coefficient (Wildman–Crippen LogP) is 11.7. The summed E-state index contributed by atoms with van der Waals surface area (Å²) < 4.78 is 80.5. The maximum atomic E-state index is 11.2. The fourth-order valence-electron chi connectivity index (χ4n) is 6.96. The maximum absolute atomic E-state index is 11.2. The van der Waals surface area contributed by atoms with E-state index >= 15 is 0 Å². The van der Waals surface area contributed by atoms with E-state index in [0.717, 1.165) is 30.1 Å². The molecule has 0 radical (unpaired) electrons. The third-order valence-electron chi connectivity index (χ3n) is 10.1. The largest absolute Gasteiger partial charge is 0.505 e. The van der Waals surface area contributed by atoms with Crippen LogP contribution in [0.1, 0.15) is 19.3 Å². The zero-order valence-corrected chi connectivity index (χ0v) is 64.4. The van der Waals surface area contributed by atoms with E-state index in [2.05, 4.69) is 157 Å². The van der Waals surface area contributed by atoms with Crippen LogP contribution in [0, 0.1) is 0 Å². The van der Waals surface area contributed by atoms with Crippen molar-refractivity contribution in [2.45, 2.75) is 142 Å². The number of carbonyl (C=O) groups excluding carboxylic acids is 3. The summed E-state index contributed by atoms with van der Waals surface area (Å²) in [5.41, 5.74) is 5.70. The lowest BCUT2D eigenvalue weighted by atomic mass is 10.4. The van der Waals surface area contributed by atoms with Crippen molar-refractivity contribution in [3.63, 3.8) is 0 Å². The van der Waals surface area contributed by atoms with E-state index in [1.807, 2.05) is 47.4 Å². The van der Waals surface area contributed by atoms with E-state index in [-0.39, 0.29) is 11.9 Å². The van der Waals surface area contributed by atoms with Gasteiger partial charge in [-0.1, -0.05) is 80.3 Å². The van der Waals surface area contributed by atoms with E-state index in [0.29, 0.717) is 71.9 Å². The number of carbonyl (C=O) groups is 3. The molecule has 3 unspecified atom stereocenters. The molecule has 0 N–H and O–H groups in total. The lowest BCUT2D eigenvalue weighted by molar-refractivity contribution is -0.138. The van der Waals surface area contributed by atoms with Crippen molar-refractivity contribution in [3.8, 4) is 0 Å². The second-order valence-corrected chi connectivity index (χ2v) is 58.8. The zero-order valence-electron chi connectivity index (χ0n) is 53.9. The first-order valence-electron chi connectivity index (χ1n) is 28.3. The fraction of sp³-hybridized carbons (Fsp3) is 0.554. The van der Waals surface area contributed by atoms with Gasteiger partial charge in [-0.25, -0.2) is 14.4 Å². The fourth-order valence-corrected chi connectivity index (χ4v) is 41.8. The van der Waals surface area contributed by atoms with Gasteiger partial charge in [0.1, 0.15) is 13.2 Å². The van der Waals surface area contributed by atoms with Crippen molar-refractivity contribution in [1.29, 1.82) is 0 Å². The molecule has 0 amide bonds. The highest BCUT2D eigenvalue weighted by atomic mass is 28.5. The van der Waals surface area contributed by atoms with Crippen LogP contribution in [-0.2, 0) is 76.3 Å². The smallest absolute Gasteiger partial charge is 0.499 e. The van der Waals surface area contributed by atoms with Crippen molar-refractivity contribution in [2.24, 2.45) is 0 Å². The van der Waals surface area contributed by atoms with Crippen LogP contribution in [0.4, 0.5) is 0 Å². The third-order valence-corrected chi connectivity index (χ3v) is 40.9. The van der Waals surface area contributed by atoms with E-state index in [9.17, 15) is 14.4 Å². The quantitative estimate of drug-likeness (QED) is 0.0150. The monoisotopic (exact) mass is 1330 g/mol.